The number of nitrogens with one attached hydrogen (secondary N) is 2. The third-order valence-electron chi connectivity index (χ3n) is 5.12. The van der Waals surface area contributed by atoms with E-state index in [1.165, 1.54) is 0 Å². The first-order valence-electron chi connectivity index (χ1n) is 9.75. The summed E-state index contributed by atoms with van der Waals surface area (Å²) in [7, 11) is 0. The zero-order valence-electron chi connectivity index (χ0n) is 16.6. The Hall–Kier alpha value is -2.65. The molecule has 0 unspecified atom stereocenters. The Kier molecular flexibility index (Phi) is 5.45. The molecule has 1 saturated heterocycles. The second kappa shape index (κ2) is 8.15. The number of aromatic amines is 1. The molecule has 1 aliphatic rings. The van der Waals surface area contributed by atoms with E-state index in [4.69, 9.17) is 9.47 Å². The van der Waals surface area contributed by atoms with Gasteiger partial charge in [-0.1, -0.05) is 0 Å². The van der Waals surface area contributed by atoms with Crippen molar-refractivity contribution in [3.05, 3.63) is 24.2 Å². The average Bonchev–Trinajstić information content (AvgIpc) is 3.29. The van der Waals surface area contributed by atoms with Gasteiger partial charge in [0, 0.05) is 25.3 Å². The quantitative estimate of drug-likeness (QED) is 0.645. The van der Waals surface area contributed by atoms with Crippen LogP contribution in [0.1, 0.15) is 19.5 Å². The molecule has 0 aromatic carbocycles. The minimum Gasteiger partial charge on any atom is -0.477 e. The summed E-state index contributed by atoms with van der Waals surface area (Å²) in [4.78, 5) is 14.6. The predicted octanol–water partition coefficient (Wildman–Crippen LogP) is 2.33. The van der Waals surface area contributed by atoms with Crippen LogP contribution in [0.15, 0.2) is 18.5 Å². The summed E-state index contributed by atoms with van der Waals surface area (Å²) >= 11 is 0. The summed E-state index contributed by atoms with van der Waals surface area (Å²) < 4.78 is 13.2. The fourth-order valence-electron chi connectivity index (χ4n) is 3.45. The van der Waals surface area contributed by atoms with Crippen molar-refractivity contribution in [2.24, 2.45) is 0 Å². The van der Waals surface area contributed by atoms with Crippen molar-refractivity contribution in [3.63, 3.8) is 0 Å². The maximum absolute atomic E-state index is 5.66. The summed E-state index contributed by atoms with van der Waals surface area (Å²) in [5.74, 6) is 1.06. The molecule has 0 radical (unpaired) electrons. The number of rotatable bonds is 7. The number of H-pyrrole nitrogens is 1. The van der Waals surface area contributed by atoms with Crippen LogP contribution in [0, 0.1) is 6.92 Å². The van der Waals surface area contributed by atoms with Gasteiger partial charge in [0.05, 0.1) is 49.3 Å². The minimum atomic E-state index is 0.445. The van der Waals surface area contributed by atoms with E-state index >= 15 is 0 Å². The lowest BCUT2D eigenvalue weighted by Crippen LogP contribution is -2.45. The van der Waals surface area contributed by atoms with E-state index < -0.39 is 0 Å². The van der Waals surface area contributed by atoms with Crippen molar-refractivity contribution in [3.8, 4) is 5.88 Å². The number of aromatic nitrogens is 5. The van der Waals surface area contributed by atoms with Crippen LogP contribution in [-0.2, 0) is 11.3 Å². The third kappa shape index (κ3) is 3.81. The van der Waals surface area contributed by atoms with Crippen molar-refractivity contribution >= 4 is 22.7 Å². The van der Waals surface area contributed by atoms with E-state index in [9.17, 15) is 0 Å². The molecule has 150 valence electrons. The molecule has 9 heteroatoms. The normalized spacial score (nSPS) is 17.9. The maximum atomic E-state index is 5.66. The Morgan fingerprint density at radius 3 is 3.07 bits per heavy atom. The van der Waals surface area contributed by atoms with Crippen LogP contribution in [0.4, 0.5) is 11.6 Å². The summed E-state index contributed by atoms with van der Waals surface area (Å²) in [6.45, 7) is 11.1. The minimum absolute atomic E-state index is 0.445. The maximum Gasteiger partial charge on any atom is 0.232 e. The van der Waals surface area contributed by atoms with Gasteiger partial charge in [-0.2, -0.15) is 15.1 Å². The highest BCUT2D eigenvalue weighted by Crippen LogP contribution is 2.25. The van der Waals surface area contributed by atoms with Gasteiger partial charge in [-0.05, 0) is 26.8 Å². The number of hydrogen-bond acceptors (Lipinski definition) is 7. The molecule has 1 aliphatic heterocycles. The van der Waals surface area contributed by atoms with E-state index in [0.717, 1.165) is 55.3 Å². The van der Waals surface area contributed by atoms with Gasteiger partial charge in [0.25, 0.3) is 0 Å². The number of hydrogen-bond donors (Lipinski definition) is 2. The standard InChI is InChI=1S/C19H27N7O2/c1-4-28-18-15-5-6-20-17(15)23-19(24-18)22-16-11-21-26(14(16)3)8-7-25-9-10-27-12-13(25)2/h5-6,11,13H,4,7-10,12H2,1-3H3,(H2,20,22,23,24)/t13-/m0/s1. The lowest BCUT2D eigenvalue weighted by molar-refractivity contribution is -0.00209. The second-order valence-electron chi connectivity index (χ2n) is 6.98. The Morgan fingerprint density at radius 1 is 1.36 bits per heavy atom. The first-order chi connectivity index (χ1) is 13.7. The molecule has 0 amide bonds. The fourth-order valence-corrected chi connectivity index (χ4v) is 3.45. The van der Waals surface area contributed by atoms with Crippen LogP contribution in [0.3, 0.4) is 0 Å². The second-order valence-corrected chi connectivity index (χ2v) is 6.98. The molecule has 3 aromatic rings. The summed E-state index contributed by atoms with van der Waals surface area (Å²) in [5, 5.41) is 8.69. The van der Waals surface area contributed by atoms with E-state index in [1.54, 1.807) is 0 Å². The van der Waals surface area contributed by atoms with Crippen molar-refractivity contribution < 1.29 is 9.47 Å². The molecule has 0 saturated carbocycles. The molecule has 1 atom stereocenters. The van der Waals surface area contributed by atoms with Crippen LogP contribution in [0.25, 0.3) is 11.0 Å². The molecule has 3 aromatic heterocycles. The van der Waals surface area contributed by atoms with E-state index in [-0.39, 0.29) is 0 Å². The lowest BCUT2D eigenvalue weighted by atomic mass is 10.2. The molecule has 28 heavy (non-hydrogen) atoms. The van der Waals surface area contributed by atoms with E-state index in [2.05, 4.69) is 44.1 Å². The molecule has 1 fully saturated rings. The first kappa shape index (κ1) is 18.7. The summed E-state index contributed by atoms with van der Waals surface area (Å²) in [6, 6.07) is 2.36. The molecule has 4 rings (SSSR count). The highest BCUT2D eigenvalue weighted by molar-refractivity contribution is 5.82. The summed E-state index contributed by atoms with van der Waals surface area (Å²) in [5.41, 5.74) is 2.68. The zero-order valence-corrected chi connectivity index (χ0v) is 16.6. The van der Waals surface area contributed by atoms with Crippen LogP contribution < -0.4 is 10.1 Å². The first-order valence-corrected chi connectivity index (χ1v) is 9.75. The largest absolute Gasteiger partial charge is 0.477 e. The van der Waals surface area contributed by atoms with Crippen molar-refractivity contribution in [2.75, 3.05) is 38.2 Å². The van der Waals surface area contributed by atoms with Gasteiger partial charge < -0.3 is 19.8 Å². The lowest BCUT2D eigenvalue weighted by Gasteiger charge is -2.33. The van der Waals surface area contributed by atoms with Gasteiger partial charge in [0.15, 0.2) is 0 Å². The Morgan fingerprint density at radius 2 is 2.25 bits per heavy atom. The van der Waals surface area contributed by atoms with Gasteiger partial charge in [-0.25, -0.2) is 0 Å². The van der Waals surface area contributed by atoms with Gasteiger partial charge in [-0.15, -0.1) is 0 Å². The number of nitrogens with zero attached hydrogens (tertiary/aromatic N) is 5. The molecule has 4 heterocycles. The molecular formula is C19H27N7O2. The Labute approximate surface area is 164 Å². The highest BCUT2D eigenvalue weighted by Gasteiger charge is 2.19. The highest BCUT2D eigenvalue weighted by atomic mass is 16.5. The monoisotopic (exact) mass is 385 g/mol. The third-order valence-corrected chi connectivity index (χ3v) is 5.12. The number of anilines is 2. The van der Waals surface area contributed by atoms with E-state index in [1.807, 2.05) is 30.1 Å². The van der Waals surface area contributed by atoms with Crippen LogP contribution in [0.2, 0.25) is 0 Å². The van der Waals surface area contributed by atoms with Gasteiger partial charge in [0.1, 0.15) is 5.65 Å². The summed E-state index contributed by atoms with van der Waals surface area (Å²) in [6.07, 6.45) is 3.66. The smallest absolute Gasteiger partial charge is 0.232 e. The molecule has 0 bridgehead atoms. The Bertz CT molecular complexity index is 936. The number of morpholine rings is 1. The number of fused-ring (bicyclic) bond motifs is 1. The molecule has 0 aliphatic carbocycles. The van der Waals surface area contributed by atoms with Gasteiger partial charge in [-0.3, -0.25) is 9.58 Å². The topological polar surface area (TPSA) is 93.1 Å². The SMILES string of the molecule is CCOc1nc(Nc2cnn(CCN3CCOC[C@@H]3C)c2C)nc2[nH]ccc12. The van der Waals surface area contributed by atoms with Crippen LogP contribution in [-0.4, -0.2) is 68.6 Å². The van der Waals surface area contributed by atoms with Gasteiger partial charge >= 0.3 is 0 Å². The van der Waals surface area contributed by atoms with Crippen LogP contribution in [0.5, 0.6) is 5.88 Å². The molecule has 0 spiro atoms. The van der Waals surface area contributed by atoms with E-state index in [0.29, 0.717) is 24.5 Å². The predicted molar refractivity (Wildman–Crippen MR) is 107 cm³/mol. The van der Waals surface area contributed by atoms with Crippen LogP contribution >= 0.6 is 0 Å². The fraction of sp³-hybridized carbons (Fsp3) is 0.526. The molecular weight excluding hydrogens is 358 g/mol. The van der Waals surface area contributed by atoms with Crippen molar-refractivity contribution in [1.82, 2.24) is 29.6 Å². The zero-order chi connectivity index (χ0) is 19.5. The molecule has 2 N–H and O–H groups in total. The van der Waals surface area contributed by atoms with Crippen molar-refractivity contribution in [1.29, 1.82) is 0 Å². The Balaban J connectivity index is 1.48. The number of ether oxygens (including phenoxy) is 2. The average molecular weight is 385 g/mol. The van der Waals surface area contributed by atoms with Gasteiger partial charge in [0.2, 0.25) is 11.8 Å². The molecule has 9 nitrogen and oxygen atoms in total. The van der Waals surface area contributed by atoms with Crippen molar-refractivity contribution in [2.45, 2.75) is 33.4 Å².